The van der Waals surface area contributed by atoms with Crippen LogP contribution in [-0.2, 0) is 32.2 Å². The number of carbonyl (C=O) groups is 1. The van der Waals surface area contributed by atoms with Crippen molar-refractivity contribution in [3.63, 3.8) is 0 Å². The van der Waals surface area contributed by atoms with Crippen LogP contribution in [-0.4, -0.2) is 32.8 Å². The smallest absolute Gasteiger partial charge is 0.339 e. The number of rotatable bonds is 9. The molecule has 3 rings (SSSR count). The normalized spacial score (nSPS) is 12.4. The molecule has 0 atom stereocenters. The molecule has 2 N–H and O–H groups in total. The second-order valence-electron chi connectivity index (χ2n) is 11.6. The molecule has 0 saturated heterocycles. The number of phenolic OH excluding ortho intramolecular Hbond substituents is 1. The van der Waals surface area contributed by atoms with E-state index >= 15 is 0 Å². The first-order valence-electron chi connectivity index (χ1n) is 13.0. The third kappa shape index (κ3) is 8.08. The van der Waals surface area contributed by atoms with Crippen molar-refractivity contribution in [1.82, 2.24) is 5.43 Å². The predicted molar refractivity (Wildman–Crippen MR) is 157 cm³/mol. The number of hydrogen-bond acceptors (Lipinski definition) is 7. The Kier molecular flexibility index (Phi) is 9.30. The van der Waals surface area contributed by atoms with Gasteiger partial charge in [0.1, 0.15) is 22.1 Å². The largest absolute Gasteiger partial charge is 0.507 e. The van der Waals surface area contributed by atoms with Crippen LogP contribution in [0.5, 0.6) is 17.2 Å². The van der Waals surface area contributed by atoms with Crippen molar-refractivity contribution in [2.45, 2.75) is 70.1 Å². The topological polar surface area (TPSA) is 114 Å². The molecule has 0 aliphatic heterocycles. The highest BCUT2D eigenvalue weighted by molar-refractivity contribution is 7.87. The molecule has 40 heavy (non-hydrogen) atoms. The van der Waals surface area contributed by atoms with E-state index in [1.165, 1.54) is 37.6 Å². The molecule has 3 aromatic rings. The van der Waals surface area contributed by atoms with Gasteiger partial charge in [0.15, 0.2) is 0 Å². The zero-order valence-corrected chi connectivity index (χ0v) is 24.9. The molecule has 0 spiro atoms. The third-order valence-electron chi connectivity index (χ3n) is 6.26. The number of ether oxygens (including phenoxy) is 1. The second kappa shape index (κ2) is 12.1. The molecule has 9 heteroatoms. The molecule has 3 aromatic carbocycles. The van der Waals surface area contributed by atoms with Gasteiger partial charge >= 0.3 is 10.1 Å². The minimum atomic E-state index is -3.99. The van der Waals surface area contributed by atoms with Crippen LogP contribution in [0.3, 0.4) is 0 Å². The average Bonchev–Trinajstić information content (AvgIpc) is 2.87. The average molecular weight is 567 g/mol. The van der Waals surface area contributed by atoms with Crippen molar-refractivity contribution in [2.75, 3.05) is 7.11 Å². The Labute approximate surface area is 237 Å². The third-order valence-corrected chi connectivity index (χ3v) is 7.52. The van der Waals surface area contributed by atoms with E-state index in [1.54, 1.807) is 24.3 Å². The summed E-state index contributed by atoms with van der Waals surface area (Å²) in [5.74, 6) is 0.756. The molecule has 0 aliphatic rings. The number of nitrogens with zero attached hydrogens (tertiary/aromatic N) is 1. The number of amides is 1. The van der Waals surface area contributed by atoms with Crippen LogP contribution in [0.1, 0.15) is 70.2 Å². The fourth-order valence-corrected chi connectivity index (χ4v) is 4.93. The first-order chi connectivity index (χ1) is 18.6. The lowest BCUT2D eigenvalue weighted by molar-refractivity contribution is -0.121. The van der Waals surface area contributed by atoms with E-state index in [9.17, 15) is 18.3 Å². The summed E-state index contributed by atoms with van der Waals surface area (Å²) in [6.45, 7) is 12.3. The Morgan fingerprint density at radius 1 is 0.900 bits per heavy atom. The van der Waals surface area contributed by atoms with Gasteiger partial charge in [0.25, 0.3) is 0 Å². The summed E-state index contributed by atoms with van der Waals surface area (Å²) in [6.07, 6.45) is 2.20. The maximum atomic E-state index is 12.5. The number of methoxy groups -OCH3 is 1. The summed E-state index contributed by atoms with van der Waals surface area (Å²) >= 11 is 0. The molecule has 0 unspecified atom stereocenters. The fraction of sp³-hybridized carbons (Fsp3) is 0.355. The Balaban J connectivity index is 1.59. The number of phenols is 1. The minimum absolute atomic E-state index is 0.0122. The van der Waals surface area contributed by atoms with Crippen molar-refractivity contribution >= 4 is 22.2 Å². The van der Waals surface area contributed by atoms with Gasteiger partial charge in [0.2, 0.25) is 5.91 Å². The molecule has 0 aromatic heterocycles. The van der Waals surface area contributed by atoms with Crippen LogP contribution in [0.25, 0.3) is 0 Å². The molecule has 0 saturated carbocycles. The van der Waals surface area contributed by atoms with Gasteiger partial charge in [-0.25, -0.2) is 5.43 Å². The van der Waals surface area contributed by atoms with Gasteiger partial charge in [-0.2, -0.15) is 13.5 Å². The molecule has 0 bridgehead atoms. The monoisotopic (exact) mass is 566 g/mol. The highest BCUT2D eigenvalue weighted by Crippen LogP contribution is 2.40. The van der Waals surface area contributed by atoms with Crippen molar-refractivity contribution < 1.29 is 27.2 Å². The lowest BCUT2D eigenvalue weighted by Crippen LogP contribution is -2.20. The van der Waals surface area contributed by atoms with E-state index in [1.807, 2.05) is 12.1 Å². The Morgan fingerprint density at radius 3 is 1.93 bits per heavy atom. The number of hydrazone groups is 1. The van der Waals surface area contributed by atoms with E-state index in [0.717, 1.165) is 16.7 Å². The van der Waals surface area contributed by atoms with Crippen LogP contribution in [0, 0.1) is 0 Å². The van der Waals surface area contributed by atoms with Gasteiger partial charge in [-0.1, -0.05) is 53.7 Å². The van der Waals surface area contributed by atoms with E-state index < -0.39 is 10.1 Å². The van der Waals surface area contributed by atoms with Crippen molar-refractivity contribution in [3.05, 3.63) is 82.9 Å². The summed E-state index contributed by atoms with van der Waals surface area (Å²) in [6, 6.07) is 16.1. The zero-order valence-electron chi connectivity index (χ0n) is 24.1. The van der Waals surface area contributed by atoms with E-state index in [-0.39, 0.29) is 33.8 Å². The molecule has 0 fully saturated rings. The van der Waals surface area contributed by atoms with Gasteiger partial charge in [0.05, 0.1) is 13.3 Å². The number of hydrogen-bond donors (Lipinski definition) is 2. The summed E-state index contributed by atoms with van der Waals surface area (Å²) in [5.41, 5.74) is 5.39. The number of aromatic hydroxyl groups is 1. The SMILES string of the molecule is COc1ccc(S(=O)(=O)Oc2ccc(/C=N\NC(=O)CCc3cc(C(C)(C)C)c(O)c(C(C)(C)C)c3)cc2)cc1. The van der Waals surface area contributed by atoms with Crippen LogP contribution >= 0.6 is 0 Å². The van der Waals surface area contributed by atoms with E-state index in [0.29, 0.717) is 23.5 Å². The van der Waals surface area contributed by atoms with Crippen LogP contribution in [0.4, 0.5) is 0 Å². The number of carbonyl (C=O) groups excluding carboxylic acids is 1. The molecule has 8 nitrogen and oxygen atoms in total. The molecule has 214 valence electrons. The van der Waals surface area contributed by atoms with E-state index in [2.05, 4.69) is 52.1 Å². The van der Waals surface area contributed by atoms with Gasteiger partial charge in [-0.3, -0.25) is 4.79 Å². The van der Waals surface area contributed by atoms with Crippen molar-refractivity contribution in [2.24, 2.45) is 5.10 Å². The molecule has 1 amide bonds. The highest BCUT2D eigenvalue weighted by atomic mass is 32.2. The summed E-state index contributed by atoms with van der Waals surface area (Å²) < 4.78 is 35.2. The minimum Gasteiger partial charge on any atom is -0.507 e. The fourth-order valence-electron chi connectivity index (χ4n) is 4.00. The standard InChI is InChI=1S/C31H38N2O6S/c1-30(2,3)26-18-22(19-27(29(26)35)31(4,5)6)10-17-28(34)33-32-20-21-8-11-24(12-9-21)39-40(36,37)25-15-13-23(38-7)14-16-25/h8-9,11-16,18-20,35H,10,17H2,1-7H3,(H,33,34)/b32-20-. The number of nitrogens with one attached hydrogen (secondary N) is 1. The van der Waals surface area contributed by atoms with Crippen molar-refractivity contribution in [3.8, 4) is 17.2 Å². The summed E-state index contributed by atoms with van der Waals surface area (Å²) in [5, 5.41) is 14.9. The maximum absolute atomic E-state index is 12.5. The quantitative estimate of drug-likeness (QED) is 0.191. The number of aryl methyl sites for hydroxylation is 1. The summed E-state index contributed by atoms with van der Waals surface area (Å²) in [4.78, 5) is 12.5. The highest BCUT2D eigenvalue weighted by Gasteiger charge is 2.26. The molecular formula is C31H38N2O6S. The van der Waals surface area contributed by atoms with Gasteiger partial charge in [-0.05, 0) is 88.0 Å². The predicted octanol–water partition coefficient (Wildman–Crippen LogP) is 5.85. The van der Waals surface area contributed by atoms with Gasteiger partial charge in [0, 0.05) is 6.42 Å². The molecular weight excluding hydrogens is 528 g/mol. The van der Waals surface area contributed by atoms with E-state index in [4.69, 9.17) is 8.92 Å². The zero-order chi connectivity index (χ0) is 29.7. The first kappa shape index (κ1) is 30.7. The lowest BCUT2D eigenvalue weighted by Gasteiger charge is -2.28. The van der Waals surface area contributed by atoms with Crippen LogP contribution in [0.2, 0.25) is 0 Å². The van der Waals surface area contributed by atoms with Gasteiger partial charge in [-0.15, -0.1) is 0 Å². The van der Waals surface area contributed by atoms with Crippen LogP contribution < -0.4 is 14.3 Å². The molecule has 0 heterocycles. The Morgan fingerprint density at radius 2 is 1.43 bits per heavy atom. The molecule has 0 radical (unpaired) electrons. The number of benzene rings is 3. The lowest BCUT2D eigenvalue weighted by atomic mass is 9.78. The molecule has 0 aliphatic carbocycles. The Hall–Kier alpha value is -3.85. The maximum Gasteiger partial charge on any atom is 0.339 e. The van der Waals surface area contributed by atoms with Crippen molar-refractivity contribution in [1.29, 1.82) is 0 Å². The summed E-state index contributed by atoms with van der Waals surface area (Å²) in [7, 11) is -2.49. The van der Waals surface area contributed by atoms with Gasteiger partial charge < -0.3 is 14.0 Å². The van der Waals surface area contributed by atoms with Crippen LogP contribution in [0.15, 0.2) is 70.7 Å². The Bertz CT molecular complexity index is 1430. The first-order valence-corrected chi connectivity index (χ1v) is 14.4. The second-order valence-corrected chi connectivity index (χ2v) is 13.2.